The number of aryl methyl sites for hydroxylation is 1. The number of carbonyl (C=O) groups is 2. The standard InChI is InChI=1S/C20H22N2O2/c1-3-21(14-16-7-5-4-6-8-16)18-13-19(23)22(20(18)24)17-11-9-15(2)10-12-17/h4-12,18H,3,13-14H2,1-2H3. The zero-order chi connectivity index (χ0) is 17.1. The summed E-state index contributed by atoms with van der Waals surface area (Å²) in [6, 6.07) is 17.2. The van der Waals surface area contributed by atoms with E-state index >= 15 is 0 Å². The van der Waals surface area contributed by atoms with E-state index in [2.05, 4.69) is 4.90 Å². The molecule has 4 nitrogen and oxygen atoms in total. The highest BCUT2D eigenvalue weighted by molar-refractivity contribution is 6.22. The first kappa shape index (κ1) is 16.4. The van der Waals surface area contributed by atoms with Gasteiger partial charge in [0, 0.05) is 6.54 Å². The van der Waals surface area contributed by atoms with Crippen LogP contribution in [0.2, 0.25) is 0 Å². The molecule has 1 saturated heterocycles. The number of benzene rings is 2. The molecule has 0 aromatic heterocycles. The summed E-state index contributed by atoms with van der Waals surface area (Å²) < 4.78 is 0. The van der Waals surface area contributed by atoms with Crippen LogP contribution in [0.15, 0.2) is 54.6 Å². The van der Waals surface area contributed by atoms with E-state index in [0.29, 0.717) is 12.2 Å². The minimum atomic E-state index is -0.385. The molecule has 124 valence electrons. The van der Waals surface area contributed by atoms with Gasteiger partial charge in [-0.3, -0.25) is 14.5 Å². The van der Waals surface area contributed by atoms with Gasteiger partial charge in [0.1, 0.15) is 0 Å². The third kappa shape index (κ3) is 3.24. The van der Waals surface area contributed by atoms with Gasteiger partial charge in [0.25, 0.3) is 5.91 Å². The highest BCUT2D eigenvalue weighted by Crippen LogP contribution is 2.26. The van der Waals surface area contributed by atoms with Crippen LogP contribution in [-0.2, 0) is 16.1 Å². The summed E-state index contributed by atoms with van der Waals surface area (Å²) in [6.45, 7) is 5.40. The van der Waals surface area contributed by atoms with Crippen molar-refractivity contribution in [3.63, 3.8) is 0 Å². The molecule has 0 bridgehead atoms. The topological polar surface area (TPSA) is 40.6 Å². The summed E-state index contributed by atoms with van der Waals surface area (Å²) in [4.78, 5) is 28.7. The van der Waals surface area contributed by atoms with Crippen LogP contribution >= 0.6 is 0 Å². The maximum atomic E-state index is 12.9. The average Bonchev–Trinajstić information content (AvgIpc) is 2.89. The van der Waals surface area contributed by atoms with Crippen molar-refractivity contribution in [2.45, 2.75) is 32.9 Å². The Hall–Kier alpha value is -2.46. The molecule has 0 N–H and O–H groups in total. The van der Waals surface area contributed by atoms with E-state index in [-0.39, 0.29) is 24.3 Å². The van der Waals surface area contributed by atoms with Crippen molar-refractivity contribution in [1.29, 1.82) is 0 Å². The molecule has 2 aromatic rings. The number of rotatable bonds is 5. The van der Waals surface area contributed by atoms with Gasteiger partial charge < -0.3 is 0 Å². The largest absolute Gasteiger partial charge is 0.287 e. The molecule has 1 atom stereocenters. The first-order valence-electron chi connectivity index (χ1n) is 8.31. The second kappa shape index (κ2) is 6.97. The molecule has 0 spiro atoms. The van der Waals surface area contributed by atoms with Gasteiger partial charge in [0.05, 0.1) is 18.2 Å². The zero-order valence-electron chi connectivity index (χ0n) is 14.1. The maximum Gasteiger partial charge on any atom is 0.251 e. The number of hydrogen-bond acceptors (Lipinski definition) is 3. The molecule has 2 aromatic carbocycles. The van der Waals surface area contributed by atoms with Crippen molar-refractivity contribution >= 4 is 17.5 Å². The quantitative estimate of drug-likeness (QED) is 0.794. The van der Waals surface area contributed by atoms with Crippen LogP contribution in [0.5, 0.6) is 0 Å². The summed E-state index contributed by atoms with van der Waals surface area (Å²) >= 11 is 0. The van der Waals surface area contributed by atoms with Gasteiger partial charge in [-0.05, 0) is 31.2 Å². The van der Waals surface area contributed by atoms with Crippen molar-refractivity contribution in [1.82, 2.24) is 4.90 Å². The van der Waals surface area contributed by atoms with Crippen molar-refractivity contribution in [3.8, 4) is 0 Å². The van der Waals surface area contributed by atoms with Gasteiger partial charge in [0.15, 0.2) is 0 Å². The smallest absolute Gasteiger partial charge is 0.251 e. The molecule has 1 aliphatic rings. The van der Waals surface area contributed by atoms with Gasteiger partial charge in [-0.25, -0.2) is 4.90 Å². The van der Waals surface area contributed by atoms with E-state index in [9.17, 15) is 9.59 Å². The summed E-state index contributed by atoms with van der Waals surface area (Å²) in [6.07, 6.45) is 0.243. The third-order valence-corrected chi connectivity index (χ3v) is 4.49. The highest BCUT2D eigenvalue weighted by Gasteiger charge is 2.42. The van der Waals surface area contributed by atoms with E-state index in [0.717, 1.165) is 17.7 Å². The molecule has 1 aliphatic heterocycles. The van der Waals surface area contributed by atoms with Crippen molar-refractivity contribution < 1.29 is 9.59 Å². The van der Waals surface area contributed by atoms with E-state index in [1.54, 1.807) is 0 Å². The van der Waals surface area contributed by atoms with Crippen LogP contribution in [0.25, 0.3) is 0 Å². The Morgan fingerprint density at radius 3 is 2.33 bits per heavy atom. The van der Waals surface area contributed by atoms with E-state index in [1.165, 1.54) is 4.90 Å². The highest BCUT2D eigenvalue weighted by atomic mass is 16.2. The molecule has 0 saturated carbocycles. The normalized spacial score (nSPS) is 17.8. The fourth-order valence-electron chi connectivity index (χ4n) is 3.13. The predicted octanol–water partition coefficient (Wildman–Crippen LogP) is 3.15. The minimum Gasteiger partial charge on any atom is -0.287 e. The van der Waals surface area contributed by atoms with Crippen molar-refractivity contribution in [2.75, 3.05) is 11.4 Å². The molecular weight excluding hydrogens is 300 g/mol. The lowest BCUT2D eigenvalue weighted by atomic mass is 10.1. The molecule has 4 heteroatoms. The summed E-state index contributed by atoms with van der Waals surface area (Å²) in [5.41, 5.74) is 2.91. The predicted molar refractivity (Wildman–Crippen MR) is 94.6 cm³/mol. The first-order valence-corrected chi connectivity index (χ1v) is 8.31. The summed E-state index contributed by atoms with van der Waals surface area (Å²) in [5.74, 6) is -0.248. The summed E-state index contributed by atoms with van der Waals surface area (Å²) in [5, 5.41) is 0. The molecule has 24 heavy (non-hydrogen) atoms. The number of carbonyl (C=O) groups excluding carboxylic acids is 2. The minimum absolute atomic E-state index is 0.123. The van der Waals surface area contributed by atoms with Gasteiger partial charge in [-0.2, -0.15) is 0 Å². The van der Waals surface area contributed by atoms with E-state index in [4.69, 9.17) is 0 Å². The second-order valence-electron chi connectivity index (χ2n) is 6.17. The lowest BCUT2D eigenvalue weighted by molar-refractivity contribution is -0.123. The average molecular weight is 322 g/mol. The Balaban J connectivity index is 1.80. The fraction of sp³-hybridized carbons (Fsp3) is 0.300. The van der Waals surface area contributed by atoms with E-state index < -0.39 is 0 Å². The van der Waals surface area contributed by atoms with Crippen LogP contribution < -0.4 is 4.90 Å². The Morgan fingerprint density at radius 2 is 1.71 bits per heavy atom. The number of nitrogens with zero attached hydrogens (tertiary/aromatic N) is 2. The number of anilines is 1. The van der Waals surface area contributed by atoms with Crippen LogP contribution in [0.4, 0.5) is 5.69 Å². The molecule has 1 heterocycles. The molecular formula is C20H22N2O2. The number of hydrogen-bond donors (Lipinski definition) is 0. The number of amides is 2. The Kier molecular flexibility index (Phi) is 4.76. The SMILES string of the molecule is CCN(Cc1ccccc1)C1CC(=O)N(c2ccc(C)cc2)C1=O. The first-order chi connectivity index (χ1) is 11.6. The zero-order valence-corrected chi connectivity index (χ0v) is 14.1. The van der Waals surface area contributed by atoms with Crippen molar-refractivity contribution in [3.05, 3.63) is 65.7 Å². The fourth-order valence-corrected chi connectivity index (χ4v) is 3.13. The summed E-state index contributed by atoms with van der Waals surface area (Å²) in [7, 11) is 0. The van der Waals surface area contributed by atoms with Gasteiger partial charge >= 0.3 is 0 Å². The van der Waals surface area contributed by atoms with Crippen LogP contribution in [0.1, 0.15) is 24.5 Å². The molecule has 2 amide bonds. The Morgan fingerprint density at radius 1 is 1.04 bits per heavy atom. The van der Waals surface area contributed by atoms with Gasteiger partial charge in [0.2, 0.25) is 5.91 Å². The second-order valence-corrected chi connectivity index (χ2v) is 6.17. The molecule has 1 fully saturated rings. The lowest BCUT2D eigenvalue weighted by Crippen LogP contribution is -2.41. The van der Waals surface area contributed by atoms with Gasteiger partial charge in [-0.1, -0.05) is 55.0 Å². The Labute approximate surface area is 142 Å². The molecule has 0 aliphatic carbocycles. The molecule has 1 unspecified atom stereocenters. The van der Waals surface area contributed by atoms with Crippen LogP contribution in [-0.4, -0.2) is 29.3 Å². The van der Waals surface area contributed by atoms with E-state index in [1.807, 2.05) is 68.4 Å². The van der Waals surface area contributed by atoms with Crippen LogP contribution in [0, 0.1) is 6.92 Å². The monoisotopic (exact) mass is 322 g/mol. The Bertz CT molecular complexity index is 725. The number of likely N-dealkylation sites (N-methyl/N-ethyl adjacent to an activating group) is 1. The maximum absolute atomic E-state index is 12.9. The van der Waals surface area contributed by atoms with Crippen molar-refractivity contribution in [2.24, 2.45) is 0 Å². The third-order valence-electron chi connectivity index (χ3n) is 4.49. The molecule has 0 radical (unpaired) electrons. The van der Waals surface area contributed by atoms with Crippen LogP contribution in [0.3, 0.4) is 0 Å². The molecule has 3 rings (SSSR count). The number of imide groups is 1. The lowest BCUT2D eigenvalue weighted by Gasteiger charge is -2.26. The van der Waals surface area contributed by atoms with Gasteiger partial charge in [-0.15, -0.1) is 0 Å².